The lowest BCUT2D eigenvalue weighted by molar-refractivity contribution is -0.167. The number of fused-ring (bicyclic) bond motifs is 5. The van der Waals surface area contributed by atoms with Crippen LogP contribution in [-0.4, -0.2) is 49.2 Å². The van der Waals surface area contributed by atoms with Crippen molar-refractivity contribution in [1.82, 2.24) is 10.6 Å². The van der Waals surface area contributed by atoms with Gasteiger partial charge in [-0.2, -0.15) is 0 Å². The van der Waals surface area contributed by atoms with Crippen LogP contribution in [-0.2, 0) is 4.79 Å². The Morgan fingerprint density at radius 3 is 2.46 bits per heavy atom. The fourth-order valence-electron chi connectivity index (χ4n) is 10.2. The van der Waals surface area contributed by atoms with Gasteiger partial charge >= 0.3 is 0 Å². The highest BCUT2D eigenvalue weighted by atomic mass is 16.3. The fraction of sp³-hybridized carbons (Fsp3) is 0.912. The second kappa shape index (κ2) is 13.5. The predicted octanol–water partition coefficient (Wildman–Crippen LogP) is 5.85. The first-order valence-electron chi connectivity index (χ1n) is 16.6. The predicted molar refractivity (Wildman–Crippen MR) is 162 cm³/mol. The SMILES string of the molecule is C=C(C)C(=O)CC[C@@H](C)C1CCC2C3C(O)C[C@H]4C[C@@H](NCCCNCCCCN)CC[C@]4(C)C3CC[C@@]21C. The van der Waals surface area contributed by atoms with Gasteiger partial charge in [-0.15, -0.1) is 0 Å². The number of aliphatic hydroxyl groups is 1. The Balaban J connectivity index is 1.31. The van der Waals surface area contributed by atoms with Gasteiger partial charge in [0.2, 0.25) is 0 Å². The van der Waals surface area contributed by atoms with Crippen LogP contribution in [0.1, 0.15) is 111 Å². The zero-order chi connectivity index (χ0) is 28.2. The number of unbranched alkanes of at least 4 members (excludes halogenated alkanes) is 1. The second-order valence-electron chi connectivity index (χ2n) is 14.8. The van der Waals surface area contributed by atoms with Gasteiger partial charge in [0.25, 0.3) is 0 Å². The third kappa shape index (κ3) is 6.68. The van der Waals surface area contributed by atoms with Gasteiger partial charge in [0.1, 0.15) is 0 Å². The minimum atomic E-state index is -0.145. The molecule has 0 bridgehead atoms. The van der Waals surface area contributed by atoms with Crippen LogP contribution in [0.25, 0.3) is 0 Å². The van der Waals surface area contributed by atoms with Crippen molar-refractivity contribution in [3.05, 3.63) is 12.2 Å². The van der Waals surface area contributed by atoms with E-state index < -0.39 is 0 Å². The molecule has 5 heteroatoms. The number of nitrogens with one attached hydrogen (secondary N) is 2. The Morgan fingerprint density at radius 2 is 1.72 bits per heavy atom. The van der Waals surface area contributed by atoms with Crippen molar-refractivity contribution in [1.29, 1.82) is 0 Å². The average Bonchev–Trinajstić information content (AvgIpc) is 3.26. The molecule has 0 aromatic rings. The van der Waals surface area contributed by atoms with Crippen LogP contribution >= 0.6 is 0 Å². The zero-order valence-corrected chi connectivity index (χ0v) is 25.8. The third-order valence-corrected chi connectivity index (χ3v) is 12.5. The molecule has 4 fully saturated rings. The van der Waals surface area contributed by atoms with Gasteiger partial charge in [0.15, 0.2) is 5.78 Å². The Kier molecular flexibility index (Phi) is 10.8. The summed E-state index contributed by atoms with van der Waals surface area (Å²) in [6.45, 7) is 17.3. The zero-order valence-electron chi connectivity index (χ0n) is 25.8. The first-order chi connectivity index (χ1) is 18.6. The third-order valence-electron chi connectivity index (χ3n) is 12.5. The molecule has 0 aliphatic heterocycles. The number of ketones is 1. The minimum absolute atomic E-state index is 0.145. The van der Waals surface area contributed by atoms with E-state index in [0.717, 1.165) is 45.4 Å². The van der Waals surface area contributed by atoms with E-state index in [1.807, 2.05) is 6.92 Å². The molecule has 0 aromatic heterocycles. The number of Topliss-reactive ketones (excluding diaryl/α,β-unsaturated/α-hetero) is 1. The number of aliphatic hydroxyl groups excluding tert-OH is 1. The summed E-state index contributed by atoms with van der Waals surface area (Å²) in [4.78, 5) is 12.2. The van der Waals surface area contributed by atoms with E-state index in [4.69, 9.17) is 5.73 Å². The van der Waals surface area contributed by atoms with Crippen LogP contribution < -0.4 is 16.4 Å². The molecule has 0 saturated heterocycles. The molecule has 4 rings (SSSR count). The maximum Gasteiger partial charge on any atom is 0.157 e. The number of carbonyl (C=O) groups excluding carboxylic acids is 1. The van der Waals surface area contributed by atoms with E-state index in [0.29, 0.717) is 64.4 Å². The van der Waals surface area contributed by atoms with Crippen molar-refractivity contribution in [2.75, 3.05) is 26.2 Å². The Morgan fingerprint density at radius 1 is 1.00 bits per heavy atom. The van der Waals surface area contributed by atoms with E-state index in [2.05, 4.69) is 38.0 Å². The number of allylic oxidation sites excluding steroid dienone is 1. The van der Waals surface area contributed by atoms with E-state index in [1.54, 1.807) is 0 Å². The molecule has 4 saturated carbocycles. The van der Waals surface area contributed by atoms with E-state index in [-0.39, 0.29) is 11.9 Å². The van der Waals surface area contributed by atoms with Gasteiger partial charge in [-0.25, -0.2) is 0 Å². The molecule has 0 radical (unpaired) electrons. The van der Waals surface area contributed by atoms with Gasteiger partial charge in [-0.05, 0) is 162 Å². The molecule has 224 valence electrons. The highest BCUT2D eigenvalue weighted by Crippen LogP contribution is 2.68. The smallest absolute Gasteiger partial charge is 0.157 e. The van der Waals surface area contributed by atoms with Crippen molar-refractivity contribution in [3.8, 4) is 0 Å². The number of rotatable bonds is 14. The normalized spacial score (nSPS) is 40.4. The van der Waals surface area contributed by atoms with Crippen molar-refractivity contribution < 1.29 is 9.90 Å². The molecule has 4 aliphatic rings. The molecule has 0 aromatic carbocycles. The van der Waals surface area contributed by atoms with Crippen molar-refractivity contribution in [3.63, 3.8) is 0 Å². The summed E-state index contributed by atoms with van der Waals surface area (Å²) in [6, 6.07) is 0.608. The van der Waals surface area contributed by atoms with Crippen LogP contribution in [0.2, 0.25) is 0 Å². The Labute approximate surface area is 239 Å². The molecule has 4 aliphatic carbocycles. The molecule has 5 N–H and O–H groups in total. The summed E-state index contributed by atoms with van der Waals surface area (Å²) in [5, 5.41) is 19.1. The van der Waals surface area contributed by atoms with E-state index in [1.165, 1.54) is 57.8 Å². The van der Waals surface area contributed by atoms with Crippen molar-refractivity contribution in [2.24, 2.45) is 52.1 Å². The van der Waals surface area contributed by atoms with Crippen molar-refractivity contribution >= 4 is 5.78 Å². The monoisotopic (exact) mass is 543 g/mol. The van der Waals surface area contributed by atoms with Gasteiger partial charge in [-0.1, -0.05) is 27.4 Å². The number of hydrogen-bond acceptors (Lipinski definition) is 5. The second-order valence-corrected chi connectivity index (χ2v) is 14.8. The summed E-state index contributed by atoms with van der Waals surface area (Å²) >= 11 is 0. The highest BCUT2D eigenvalue weighted by Gasteiger charge is 2.62. The minimum Gasteiger partial charge on any atom is -0.393 e. The lowest BCUT2D eigenvalue weighted by atomic mass is 9.43. The molecule has 0 spiro atoms. The molecule has 0 amide bonds. The van der Waals surface area contributed by atoms with E-state index in [9.17, 15) is 9.90 Å². The molecule has 5 nitrogen and oxygen atoms in total. The number of hydrogen-bond donors (Lipinski definition) is 4. The van der Waals surface area contributed by atoms with E-state index >= 15 is 0 Å². The Bertz CT molecular complexity index is 831. The number of carbonyl (C=O) groups is 1. The maximum atomic E-state index is 12.2. The van der Waals surface area contributed by atoms with Gasteiger partial charge in [0.05, 0.1) is 6.10 Å². The highest BCUT2D eigenvalue weighted by molar-refractivity contribution is 5.94. The summed E-state index contributed by atoms with van der Waals surface area (Å²) < 4.78 is 0. The van der Waals surface area contributed by atoms with Crippen molar-refractivity contribution in [2.45, 2.75) is 123 Å². The molecule has 39 heavy (non-hydrogen) atoms. The molecule has 5 unspecified atom stereocenters. The van der Waals surface area contributed by atoms with Crippen LogP contribution in [0, 0.1) is 46.3 Å². The van der Waals surface area contributed by atoms with Gasteiger partial charge in [-0.3, -0.25) is 4.79 Å². The molecular weight excluding hydrogens is 482 g/mol. The summed E-state index contributed by atoms with van der Waals surface area (Å²) in [5.41, 5.74) is 6.97. The van der Waals surface area contributed by atoms with Gasteiger partial charge in [0, 0.05) is 12.5 Å². The van der Waals surface area contributed by atoms with Crippen LogP contribution in [0.3, 0.4) is 0 Å². The fourth-order valence-corrected chi connectivity index (χ4v) is 10.2. The average molecular weight is 544 g/mol. The lowest BCUT2D eigenvalue weighted by Crippen LogP contribution is -2.59. The summed E-state index contributed by atoms with van der Waals surface area (Å²) in [7, 11) is 0. The number of nitrogens with two attached hydrogens (primary N) is 1. The maximum absolute atomic E-state index is 12.2. The van der Waals surface area contributed by atoms with Crippen LogP contribution in [0.4, 0.5) is 0 Å². The first kappa shape index (κ1) is 31.2. The molecule has 10 atom stereocenters. The molecular formula is C34H61N3O2. The standard InChI is InChI=1S/C34H61N3O2/c1-23(2)30(38)12-9-24(3)27-10-11-28-32-29(14-16-34(27,28)5)33(4)15-13-26(21-25(33)22-31(32)39)37-20-8-19-36-18-7-6-17-35/h24-29,31-32,36-37,39H,1,6-22,35H2,2-5H3/t24-,25-,26+,27?,28?,29?,31?,32?,33+,34-/m1/s1. The first-order valence-corrected chi connectivity index (χ1v) is 16.6. The summed E-state index contributed by atoms with van der Waals surface area (Å²) in [5.74, 6) is 3.88. The Hall–Kier alpha value is -0.750. The van der Waals surface area contributed by atoms with Crippen LogP contribution in [0.5, 0.6) is 0 Å². The topological polar surface area (TPSA) is 87.4 Å². The van der Waals surface area contributed by atoms with Gasteiger partial charge < -0.3 is 21.5 Å². The van der Waals surface area contributed by atoms with Crippen LogP contribution in [0.15, 0.2) is 12.2 Å². The summed E-state index contributed by atoms with van der Waals surface area (Å²) in [6.07, 6.45) is 14.9. The largest absolute Gasteiger partial charge is 0.393 e. The quantitative estimate of drug-likeness (QED) is 0.163. The molecule has 0 heterocycles. The lowest BCUT2D eigenvalue weighted by Gasteiger charge is -2.62.